The van der Waals surface area contributed by atoms with Crippen molar-refractivity contribution in [2.75, 3.05) is 17.5 Å². The van der Waals surface area contributed by atoms with Gasteiger partial charge in [0, 0.05) is 19.8 Å². The van der Waals surface area contributed by atoms with Crippen LogP contribution in [0.15, 0.2) is 77.8 Å². The smallest absolute Gasteiger partial charge is 0.338 e. The minimum atomic E-state index is -3.83. The fourth-order valence-corrected chi connectivity index (χ4v) is 4.59. The van der Waals surface area contributed by atoms with Crippen LogP contribution in [-0.2, 0) is 26.6 Å². The third kappa shape index (κ3) is 5.47. The number of carbonyl (C=O) groups is 3. The van der Waals surface area contributed by atoms with Crippen molar-refractivity contribution in [3.05, 3.63) is 84.2 Å². The minimum absolute atomic E-state index is 0.00987. The van der Waals surface area contributed by atoms with Crippen LogP contribution < -0.4 is 9.62 Å². The van der Waals surface area contributed by atoms with Gasteiger partial charge in [-0.25, -0.2) is 13.2 Å². The van der Waals surface area contributed by atoms with Crippen molar-refractivity contribution >= 4 is 33.5 Å². The van der Waals surface area contributed by atoms with Gasteiger partial charge < -0.3 is 9.30 Å². The number of hydrogen-bond donors (Lipinski definition) is 1. The van der Waals surface area contributed by atoms with Gasteiger partial charge in [-0.1, -0.05) is 18.2 Å². The number of rotatable bonds is 8. The van der Waals surface area contributed by atoms with Gasteiger partial charge in [-0.2, -0.15) is 0 Å². The van der Waals surface area contributed by atoms with E-state index in [1.165, 1.54) is 28.6 Å². The van der Waals surface area contributed by atoms with E-state index in [2.05, 4.69) is 5.32 Å². The van der Waals surface area contributed by atoms with Gasteiger partial charge in [0.15, 0.2) is 6.61 Å². The maximum Gasteiger partial charge on any atom is 0.338 e. The lowest BCUT2D eigenvalue weighted by Gasteiger charge is -2.22. The molecule has 1 heterocycles. The first kappa shape index (κ1) is 23.7. The molecule has 1 N–H and O–H groups in total. The van der Waals surface area contributed by atoms with Gasteiger partial charge in [-0.05, 0) is 55.5 Å². The van der Waals surface area contributed by atoms with Crippen molar-refractivity contribution in [2.45, 2.75) is 11.8 Å². The Morgan fingerprint density at radius 3 is 2.21 bits per heavy atom. The van der Waals surface area contributed by atoms with Crippen molar-refractivity contribution in [2.24, 2.45) is 7.05 Å². The maximum atomic E-state index is 13.0. The molecule has 10 heteroatoms. The Morgan fingerprint density at radius 2 is 1.64 bits per heavy atom. The number of imide groups is 1. The molecule has 0 radical (unpaired) electrons. The fourth-order valence-electron chi connectivity index (χ4n) is 3.11. The van der Waals surface area contributed by atoms with Crippen molar-refractivity contribution in [1.82, 2.24) is 9.88 Å². The highest BCUT2D eigenvalue weighted by Crippen LogP contribution is 2.23. The highest BCUT2D eigenvalue weighted by atomic mass is 32.2. The zero-order valence-corrected chi connectivity index (χ0v) is 18.9. The van der Waals surface area contributed by atoms with Crippen LogP contribution in [-0.4, -0.2) is 43.9 Å². The molecule has 0 atom stereocenters. The number of amides is 2. The Hall–Kier alpha value is -3.92. The van der Waals surface area contributed by atoms with Crippen LogP contribution in [0.4, 0.5) is 5.69 Å². The molecule has 0 aliphatic carbocycles. The molecule has 0 spiro atoms. The number of sulfonamides is 1. The number of esters is 1. The number of carbonyl (C=O) groups excluding carboxylic acids is 3. The summed E-state index contributed by atoms with van der Waals surface area (Å²) < 4.78 is 33.7. The first-order chi connectivity index (χ1) is 15.7. The van der Waals surface area contributed by atoms with Crippen molar-refractivity contribution in [3.8, 4) is 0 Å². The monoisotopic (exact) mass is 469 g/mol. The van der Waals surface area contributed by atoms with E-state index < -0.39 is 34.4 Å². The number of anilines is 1. The second kappa shape index (κ2) is 10.1. The summed E-state index contributed by atoms with van der Waals surface area (Å²) in [7, 11) is -2.18. The van der Waals surface area contributed by atoms with Crippen LogP contribution in [0.1, 0.15) is 27.8 Å². The number of aryl methyl sites for hydroxylation is 1. The normalized spacial score (nSPS) is 11.0. The van der Waals surface area contributed by atoms with Crippen LogP contribution in [0.3, 0.4) is 0 Å². The number of hydrogen-bond acceptors (Lipinski definition) is 6. The van der Waals surface area contributed by atoms with E-state index in [0.29, 0.717) is 5.69 Å². The molecule has 1 aromatic heterocycles. The summed E-state index contributed by atoms with van der Waals surface area (Å²) in [5.41, 5.74) is 0.876. The third-order valence-electron chi connectivity index (χ3n) is 4.77. The number of aromatic nitrogens is 1. The molecular formula is C23H23N3O6S. The first-order valence-corrected chi connectivity index (χ1v) is 11.5. The van der Waals surface area contributed by atoms with E-state index in [1.54, 1.807) is 67.2 Å². The standard InChI is InChI=1S/C23H23N3O6S/c1-3-26(18-8-5-4-6-9-18)33(30,31)19-13-11-17(12-14-19)23(29)32-16-21(27)24-22(28)20-10-7-15-25(20)2/h4-15H,3,16H2,1-2H3,(H,24,27,28). The van der Waals surface area contributed by atoms with E-state index in [1.807, 2.05) is 0 Å². The lowest BCUT2D eigenvalue weighted by atomic mass is 10.2. The summed E-state index contributed by atoms with van der Waals surface area (Å²) in [5.74, 6) is -2.22. The zero-order chi connectivity index (χ0) is 24.0. The Morgan fingerprint density at radius 1 is 0.970 bits per heavy atom. The zero-order valence-electron chi connectivity index (χ0n) is 18.1. The average Bonchev–Trinajstić information content (AvgIpc) is 3.24. The Labute approximate surface area is 191 Å². The molecule has 3 rings (SSSR count). The molecule has 9 nitrogen and oxygen atoms in total. The molecule has 3 aromatic rings. The van der Waals surface area contributed by atoms with E-state index in [-0.39, 0.29) is 22.7 Å². The van der Waals surface area contributed by atoms with Crippen LogP contribution in [0.2, 0.25) is 0 Å². The minimum Gasteiger partial charge on any atom is -0.452 e. The third-order valence-corrected chi connectivity index (χ3v) is 6.69. The number of para-hydroxylation sites is 1. The SMILES string of the molecule is CCN(c1ccccc1)S(=O)(=O)c1ccc(C(=O)OCC(=O)NC(=O)c2cccn2C)cc1. The van der Waals surface area contributed by atoms with E-state index in [9.17, 15) is 22.8 Å². The summed E-state index contributed by atoms with van der Waals surface area (Å²) in [5, 5.41) is 2.13. The predicted octanol–water partition coefficient (Wildman–Crippen LogP) is 2.35. The Kier molecular flexibility index (Phi) is 7.29. The van der Waals surface area contributed by atoms with Gasteiger partial charge in [0.25, 0.3) is 21.8 Å². The van der Waals surface area contributed by atoms with Gasteiger partial charge in [-0.15, -0.1) is 0 Å². The molecule has 0 unspecified atom stereocenters. The first-order valence-electron chi connectivity index (χ1n) is 10.0. The topological polar surface area (TPSA) is 115 Å². The molecule has 2 amide bonds. The Bertz CT molecular complexity index is 1250. The molecular weight excluding hydrogens is 446 g/mol. The summed E-state index contributed by atoms with van der Waals surface area (Å²) in [6.07, 6.45) is 1.66. The van der Waals surface area contributed by atoms with Gasteiger partial charge in [-0.3, -0.25) is 19.2 Å². The lowest BCUT2D eigenvalue weighted by Crippen LogP contribution is -2.35. The molecule has 2 aromatic carbocycles. The molecule has 0 fully saturated rings. The number of nitrogens with one attached hydrogen (secondary N) is 1. The van der Waals surface area contributed by atoms with Crippen LogP contribution in [0.25, 0.3) is 0 Å². The summed E-state index contributed by atoms with van der Waals surface area (Å²) in [6.45, 7) is 1.29. The van der Waals surface area contributed by atoms with Crippen LogP contribution in [0.5, 0.6) is 0 Å². The quantitative estimate of drug-likeness (QED) is 0.507. The van der Waals surface area contributed by atoms with E-state index in [4.69, 9.17) is 4.74 Å². The number of nitrogens with zero attached hydrogens (tertiary/aromatic N) is 2. The number of ether oxygens (including phenoxy) is 1. The summed E-state index contributed by atoms with van der Waals surface area (Å²) >= 11 is 0. The predicted molar refractivity (Wildman–Crippen MR) is 121 cm³/mol. The maximum absolute atomic E-state index is 13.0. The molecule has 0 aliphatic rings. The van der Waals surface area contributed by atoms with E-state index >= 15 is 0 Å². The van der Waals surface area contributed by atoms with Gasteiger partial charge in [0.05, 0.1) is 16.1 Å². The van der Waals surface area contributed by atoms with Crippen molar-refractivity contribution < 1.29 is 27.5 Å². The van der Waals surface area contributed by atoms with Gasteiger partial charge in [0.2, 0.25) is 0 Å². The largest absolute Gasteiger partial charge is 0.452 e. The molecule has 0 bridgehead atoms. The molecule has 33 heavy (non-hydrogen) atoms. The second-order valence-electron chi connectivity index (χ2n) is 6.99. The highest BCUT2D eigenvalue weighted by molar-refractivity contribution is 7.92. The highest BCUT2D eigenvalue weighted by Gasteiger charge is 2.24. The lowest BCUT2D eigenvalue weighted by molar-refractivity contribution is -0.123. The number of benzene rings is 2. The van der Waals surface area contributed by atoms with Gasteiger partial charge in [0.1, 0.15) is 5.69 Å². The Balaban J connectivity index is 1.62. The van der Waals surface area contributed by atoms with Crippen molar-refractivity contribution in [3.63, 3.8) is 0 Å². The molecule has 0 aliphatic heterocycles. The van der Waals surface area contributed by atoms with Crippen LogP contribution >= 0.6 is 0 Å². The van der Waals surface area contributed by atoms with Crippen LogP contribution in [0, 0.1) is 0 Å². The molecule has 0 saturated carbocycles. The molecule has 172 valence electrons. The average molecular weight is 470 g/mol. The van der Waals surface area contributed by atoms with E-state index in [0.717, 1.165) is 0 Å². The van der Waals surface area contributed by atoms with Gasteiger partial charge >= 0.3 is 5.97 Å². The second-order valence-corrected chi connectivity index (χ2v) is 8.85. The fraction of sp³-hybridized carbons (Fsp3) is 0.174. The van der Waals surface area contributed by atoms with Crippen molar-refractivity contribution in [1.29, 1.82) is 0 Å². The summed E-state index contributed by atoms with van der Waals surface area (Å²) in [4.78, 5) is 36.2. The summed E-state index contributed by atoms with van der Waals surface area (Å²) in [6, 6.07) is 17.1. The molecule has 0 saturated heterocycles.